The van der Waals surface area contributed by atoms with Gasteiger partial charge < -0.3 is 10.1 Å². The summed E-state index contributed by atoms with van der Waals surface area (Å²) in [6.07, 6.45) is 1.09. The number of carbonyl (C=O) groups is 1. The molecule has 6 nitrogen and oxygen atoms in total. The SMILES string of the molecule is CC[C@H](C)c1ccc(OCc2nnc(NC(=O)Nc3ccccc3F)s2)cc1. The first kappa shape index (κ1) is 19.8. The lowest BCUT2D eigenvalue weighted by Crippen LogP contribution is -2.19. The topological polar surface area (TPSA) is 76.1 Å². The third-order valence-electron chi connectivity index (χ3n) is 4.23. The molecule has 2 N–H and O–H groups in total. The Labute approximate surface area is 166 Å². The molecule has 3 rings (SSSR count). The van der Waals surface area contributed by atoms with Gasteiger partial charge in [0.15, 0.2) is 5.01 Å². The van der Waals surface area contributed by atoms with Crippen LogP contribution in [-0.4, -0.2) is 16.2 Å². The van der Waals surface area contributed by atoms with Crippen LogP contribution in [0.1, 0.15) is 36.8 Å². The number of nitrogens with one attached hydrogen (secondary N) is 2. The van der Waals surface area contributed by atoms with E-state index in [0.717, 1.165) is 12.2 Å². The highest BCUT2D eigenvalue weighted by Gasteiger charge is 2.11. The molecule has 0 saturated heterocycles. The number of hydrogen-bond acceptors (Lipinski definition) is 5. The lowest BCUT2D eigenvalue weighted by molar-refractivity contribution is 0.262. The van der Waals surface area contributed by atoms with Gasteiger partial charge in [-0.25, -0.2) is 9.18 Å². The zero-order valence-electron chi connectivity index (χ0n) is 15.6. The molecule has 2 aromatic carbocycles. The Morgan fingerprint density at radius 3 is 2.61 bits per heavy atom. The van der Waals surface area contributed by atoms with Gasteiger partial charge in [0.1, 0.15) is 18.2 Å². The number of ether oxygens (including phenoxy) is 1. The second kappa shape index (κ2) is 9.27. The number of hydrogen-bond donors (Lipinski definition) is 2. The molecular formula is C20H21FN4O2S. The monoisotopic (exact) mass is 400 g/mol. The number of aromatic nitrogens is 2. The first-order chi connectivity index (χ1) is 13.5. The molecule has 8 heteroatoms. The number of urea groups is 1. The molecule has 28 heavy (non-hydrogen) atoms. The molecule has 0 radical (unpaired) electrons. The second-order valence-electron chi connectivity index (χ2n) is 6.23. The predicted molar refractivity (Wildman–Crippen MR) is 108 cm³/mol. The third-order valence-corrected chi connectivity index (χ3v) is 5.05. The van der Waals surface area contributed by atoms with Crippen molar-refractivity contribution in [2.45, 2.75) is 32.8 Å². The quantitative estimate of drug-likeness (QED) is 0.556. The Kier molecular flexibility index (Phi) is 6.54. The zero-order valence-corrected chi connectivity index (χ0v) is 16.4. The maximum absolute atomic E-state index is 13.6. The minimum absolute atomic E-state index is 0.0916. The van der Waals surface area contributed by atoms with Gasteiger partial charge in [-0.3, -0.25) is 5.32 Å². The van der Waals surface area contributed by atoms with Gasteiger partial charge in [0.2, 0.25) is 5.13 Å². The number of halogens is 1. The Hall–Kier alpha value is -3.00. The van der Waals surface area contributed by atoms with Crippen molar-refractivity contribution < 1.29 is 13.9 Å². The van der Waals surface area contributed by atoms with Gasteiger partial charge in [0.05, 0.1) is 5.69 Å². The lowest BCUT2D eigenvalue weighted by atomic mass is 9.99. The maximum atomic E-state index is 13.6. The highest BCUT2D eigenvalue weighted by atomic mass is 32.1. The molecule has 3 aromatic rings. The van der Waals surface area contributed by atoms with Gasteiger partial charge in [-0.2, -0.15) is 0 Å². The molecule has 0 unspecified atom stereocenters. The van der Waals surface area contributed by atoms with E-state index < -0.39 is 11.8 Å². The largest absolute Gasteiger partial charge is 0.486 e. The minimum atomic E-state index is -0.589. The number of nitrogens with zero attached hydrogens (tertiary/aromatic N) is 2. The van der Waals surface area contributed by atoms with E-state index in [-0.39, 0.29) is 12.3 Å². The number of amides is 2. The second-order valence-corrected chi connectivity index (χ2v) is 7.29. The Balaban J connectivity index is 1.51. The van der Waals surface area contributed by atoms with Crippen molar-refractivity contribution >= 4 is 28.2 Å². The molecule has 2 amide bonds. The van der Waals surface area contributed by atoms with Gasteiger partial charge in [0.25, 0.3) is 0 Å². The molecule has 0 saturated carbocycles. The lowest BCUT2D eigenvalue weighted by Gasteiger charge is -2.10. The van der Waals surface area contributed by atoms with Crippen molar-refractivity contribution in [3.8, 4) is 5.75 Å². The van der Waals surface area contributed by atoms with Gasteiger partial charge in [-0.1, -0.05) is 49.4 Å². The van der Waals surface area contributed by atoms with E-state index in [4.69, 9.17) is 4.74 Å². The Morgan fingerprint density at radius 1 is 1.14 bits per heavy atom. The van der Waals surface area contributed by atoms with Crippen LogP contribution in [0.15, 0.2) is 48.5 Å². The van der Waals surface area contributed by atoms with Crippen molar-refractivity contribution in [2.75, 3.05) is 10.6 Å². The summed E-state index contributed by atoms with van der Waals surface area (Å²) in [6, 6.07) is 13.3. The fourth-order valence-electron chi connectivity index (χ4n) is 2.45. The summed E-state index contributed by atoms with van der Waals surface area (Å²) in [6.45, 7) is 4.59. The maximum Gasteiger partial charge on any atom is 0.325 e. The molecule has 0 bridgehead atoms. The molecule has 146 valence electrons. The van der Waals surface area contributed by atoms with Gasteiger partial charge >= 0.3 is 6.03 Å². The van der Waals surface area contributed by atoms with Crippen molar-refractivity contribution in [2.24, 2.45) is 0 Å². The van der Waals surface area contributed by atoms with Crippen LogP contribution in [-0.2, 0) is 6.61 Å². The molecular weight excluding hydrogens is 379 g/mol. The zero-order chi connectivity index (χ0) is 19.9. The third kappa shape index (κ3) is 5.26. The minimum Gasteiger partial charge on any atom is -0.486 e. The van der Waals surface area contributed by atoms with Crippen LogP contribution in [0.5, 0.6) is 5.75 Å². The van der Waals surface area contributed by atoms with E-state index in [9.17, 15) is 9.18 Å². The smallest absolute Gasteiger partial charge is 0.325 e. The molecule has 1 aromatic heterocycles. The summed E-state index contributed by atoms with van der Waals surface area (Å²) in [4.78, 5) is 12.0. The number of para-hydroxylation sites is 1. The highest BCUT2D eigenvalue weighted by Crippen LogP contribution is 2.23. The predicted octanol–water partition coefficient (Wildman–Crippen LogP) is 5.41. The van der Waals surface area contributed by atoms with Crippen molar-refractivity contribution in [3.63, 3.8) is 0 Å². The molecule has 0 aliphatic carbocycles. The van der Waals surface area contributed by atoms with Gasteiger partial charge in [0, 0.05) is 0 Å². The Bertz CT molecular complexity index is 930. The average molecular weight is 400 g/mol. The fourth-order valence-corrected chi connectivity index (χ4v) is 3.10. The molecule has 0 aliphatic rings. The van der Waals surface area contributed by atoms with E-state index in [1.165, 1.54) is 29.0 Å². The van der Waals surface area contributed by atoms with Crippen LogP contribution in [0, 0.1) is 5.82 Å². The number of rotatable bonds is 7. The summed E-state index contributed by atoms with van der Waals surface area (Å²) in [5, 5.41) is 13.8. The summed E-state index contributed by atoms with van der Waals surface area (Å²) >= 11 is 1.19. The Morgan fingerprint density at radius 2 is 1.89 bits per heavy atom. The van der Waals surface area contributed by atoms with Crippen LogP contribution < -0.4 is 15.4 Å². The van der Waals surface area contributed by atoms with Crippen LogP contribution in [0.2, 0.25) is 0 Å². The van der Waals surface area contributed by atoms with E-state index in [1.807, 2.05) is 12.1 Å². The molecule has 1 heterocycles. The molecule has 0 fully saturated rings. The molecule has 0 aliphatic heterocycles. The summed E-state index contributed by atoms with van der Waals surface area (Å²) in [5.41, 5.74) is 1.37. The van der Waals surface area contributed by atoms with Crippen LogP contribution >= 0.6 is 11.3 Å². The first-order valence-electron chi connectivity index (χ1n) is 8.93. The van der Waals surface area contributed by atoms with Crippen molar-refractivity contribution in [1.82, 2.24) is 10.2 Å². The van der Waals surface area contributed by atoms with Gasteiger partial charge in [-0.15, -0.1) is 10.2 Å². The fraction of sp³-hybridized carbons (Fsp3) is 0.250. The summed E-state index contributed by atoms with van der Waals surface area (Å²) in [5.74, 6) is 0.749. The first-order valence-corrected chi connectivity index (χ1v) is 9.74. The van der Waals surface area contributed by atoms with Crippen LogP contribution in [0.4, 0.5) is 20.0 Å². The van der Waals surface area contributed by atoms with E-state index >= 15 is 0 Å². The number of anilines is 2. The number of benzene rings is 2. The van der Waals surface area contributed by atoms with Crippen molar-refractivity contribution in [3.05, 3.63) is 64.9 Å². The molecule has 0 spiro atoms. The van der Waals surface area contributed by atoms with E-state index in [0.29, 0.717) is 16.1 Å². The van der Waals surface area contributed by atoms with Crippen LogP contribution in [0.25, 0.3) is 0 Å². The standard InChI is InChI=1S/C20H21FN4O2S/c1-3-13(2)14-8-10-15(11-9-14)27-12-18-24-25-20(28-18)23-19(26)22-17-7-5-4-6-16(17)21/h4-11,13H,3,12H2,1-2H3,(H2,22,23,25,26)/t13-/m0/s1. The molecule has 1 atom stereocenters. The summed E-state index contributed by atoms with van der Waals surface area (Å²) in [7, 11) is 0. The van der Waals surface area contributed by atoms with Crippen molar-refractivity contribution in [1.29, 1.82) is 0 Å². The highest BCUT2D eigenvalue weighted by molar-refractivity contribution is 7.15. The van der Waals surface area contributed by atoms with Crippen LogP contribution in [0.3, 0.4) is 0 Å². The normalized spacial score (nSPS) is 11.7. The van der Waals surface area contributed by atoms with Gasteiger partial charge in [-0.05, 0) is 42.2 Å². The van der Waals surface area contributed by atoms with E-state index in [2.05, 4.69) is 46.8 Å². The van der Waals surface area contributed by atoms with E-state index in [1.54, 1.807) is 12.1 Å². The summed E-state index contributed by atoms with van der Waals surface area (Å²) < 4.78 is 19.3. The average Bonchev–Trinajstić information content (AvgIpc) is 3.15. The number of carbonyl (C=O) groups excluding carboxylic acids is 1.